The van der Waals surface area contributed by atoms with Crippen LogP contribution >= 0.6 is 0 Å². The van der Waals surface area contributed by atoms with Crippen molar-refractivity contribution in [2.75, 3.05) is 26.7 Å². The van der Waals surface area contributed by atoms with Crippen molar-refractivity contribution in [1.29, 1.82) is 0 Å². The highest BCUT2D eigenvalue weighted by Crippen LogP contribution is 2.08. The fourth-order valence-corrected chi connectivity index (χ4v) is 2.17. The fourth-order valence-electron chi connectivity index (χ4n) is 2.17. The van der Waals surface area contributed by atoms with Crippen molar-refractivity contribution in [3.8, 4) is 0 Å². The van der Waals surface area contributed by atoms with Crippen LogP contribution in [0.15, 0.2) is 46.0 Å². The van der Waals surface area contributed by atoms with Gasteiger partial charge in [-0.05, 0) is 36.8 Å². The summed E-state index contributed by atoms with van der Waals surface area (Å²) in [6.45, 7) is 3.24. The second-order valence-electron chi connectivity index (χ2n) is 5.47. The number of nitrogens with one attached hydrogen (secondary N) is 3. The Hall–Kier alpha value is -2.83. The Labute approximate surface area is 146 Å². The number of carbonyl (C=O) groups excluding carboxylic acids is 1. The van der Waals surface area contributed by atoms with E-state index in [0.717, 1.165) is 12.2 Å². The number of benzene rings is 1. The molecule has 1 aromatic carbocycles. The van der Waals surface area contributed by atoms with Crippen LogP contribution in [0.5, 0.6) is 0 Å². The van der Waals surface area contributed by atoms with E-state index in [9.17, 15) is 9.18 Å². The van der Waals surface area contributed by atoms with Crippen molar-refractivity contribution in [3.05, 3.63) is 59.3 Å². The Balaban J connectivity index is 1.66. The minimum Gasteiger partial charge on any atom is -0.469 e. The number of hydrogen-bond donors (Lipinski definition) is 3. The van der Waals surface area contributed by atoms with Crippen molar-refractivity contribution in [2.45, 2.75) is 13.3 Å². The molecule has 0 radical (unpaired) electrons. The number of amides is 1. The van der Waals surface area contributed by atoms with Crippen LogP contribution in [0.25, 0.3) is 0 Å². The van der Waals surface area contributed by atoms with E-state index in [0.29, 0.717) is 36.7 Å². The van der Waals surface area contributed by atoms with Crippen LogP contribution in [0.3, 0.4) is 0 Å². The number of halogens is 1. The van der Waals surface area contributed by atoms with Gasteiger partial charge in [-0.2, -0.15) is 0 Å². The third kappa shape index (κ3) is 5.95. The molecular formula is C18H23FN4O2. The van der Waals surface area contributed by atoms with Crippen molar-refractivity contribution >= 4 is 11.9 Å². The zero-order valence-electron chi connectivity index (χ0n) is 14.4. The Morgan fingerprint density at radius 2 is 1.92 bits per heavy atom. The largest absolute Gasteiger partial charge is 0.469 e. The lowest BCUT2D eigenvalue weighted by Gasteiger charge is -2.12. The molecule has 2 rings (SSSR count). The molecule has 0 unspecified atom stereocenters. The highest BCUT2D eigenvalue weighted by Gasteiger charge is 2.07. The maximum absolute atomic E-state index is 13.5. The molecule has 0 bridgehead atoms. The second kappa shape index (κ2) is 9.46. The van der Waals surface area contributed by atoms with E-state index in [1.165, 1.54) is 6.07 Å². The van der Waals surface area contributed by atoms with Crippen molar-refractivity contribution in [2.24, 2.45) is 4.99 Å². The third-order valence-corrected chi connectivity index (χ3v) is 3.60. The van der Waals surface area contributed by atoms with Gasteiger partial charge >= 0.3 is 0 Å². The normalized spacial score (nSPS) is 11.2. The first-order chi connectivity index (χ1) is 12.1. The van der Waals surface area contributed by atoms with E-state index in [1.54, 1.807) is 32.4 Å². The van der Waals surface area contributed by atoms with Crippen molar-refractivity contribution in [1.82, 2.24) is 16.0 Å². The summed E-state index contributed by atoms with van der Waals surface area (Å²) in [5.41, 5.74) is 0.826. The van der Waals surface area contributed by atoms with Gasteiger partial charge in [0.1, 0.15) is 11.6 Å². The number of aryl methyl sites for hydroxylation is 1. The van der Waals surface area contributed by atoms with E-state index < -0.39 is 0 Å². The molecule has 0 fully saturated rings. The summed E-state index contributed by atoms with van der Waals surface area (Å²) in [4.78, 5) is 16.1. The Bertz CT molecular complexity index is 714. The molecule has 3 N–H and O–H groups in total. The van der Waals surface area contributed by atoms with Crippen LogP contribution in [0.2, 0.25) is 0 Å². The van der Waals surface area contributed by atoms with Crippen LogP contribution < -0.4 is 16.0 Å². The average molecular weight is 346 g/mol. The van der Waals surface area contributed by atoms with Crippen molar-refractivity contribution < 1.29 is 13.6 Å². The van der Waals surface area contributed by atoms with Crippen LogP contribution in [0.1, 0.15) is 21.7 Å². The zero-order chi connectivity index (χ0) is 18.1. The number of rotatable bonds is 7. The molecule has 1 amide bonds. The molecule has 134 valence electrons. The van der Waals surface area contributed by atoms with Gasteiger partial charge in [0.05, 0.1) is 6.26 Å². The van der Waals surface area contributed by atoms with E-state index >= 15 is 0 Å². The Morgan fingerprint density at radius 1 is 1.16 bits per heavy atom. The monoisotopic (exact) mass is 346 g/mol. The predicted molar refractivity (Wildman–Crippen MR) is 95.2 cm³/mol. The molecular weight excluding hydrogens is 323 g/mol. The minimum absolute atomic E-state index is 0.304. The molecule has 0 saturated heterocycles. The average Bonchev–Trinajstić information content (AvgIpc) is 3.12. The highest BCUT2D eigenvalue weighted by atomic mass is 19.1. The van der Waals surface area contributed by atoms with Crippen LogP contribution in [-0.4, -0.2) is 38.5 Å². The number of carbonyl (C=O) groups is 1. The molecule has 0 atom stereocenters. The van der Waals surface area contributed by atoms with Gasteiger partial charge in [-0.3, -0.25) is 9.79 Å². The van der Waals surface area contributed by atoms with Gasteiger partial charge in [-0.1, -0.05) is 6.07 Å². The number of furan rings is 1. The summed E-state index contributed by atoms with van der Waals surface area (Å²) < 4.78 is 18.7. The van der Waals surface area contributed by atoms with Crippen LogP contribution in [-0.2, 0) is 6.42 Å². The molecule has 1 heterocycles. The summed E-state index contributed by atoms with van der Waals surface area (Å²) in [5.74, 6) is 0.858. The highest BCUT2D eigenvalue weighted by molar-refractivity contribution is 5.94. The standard InChI is InChI=1S/C18H23FN4O2/c1-13-5-6-14(12-16(13)19)17(24)21-9-10-23-18(20-2)22-8-7-15-4-3-11-25-15/h3-6,11-12H,7-10H2,1-2H3,(H,21,24)(H2,20,22,23). The molecule has 2 aromatic rings. The zero-order valence-corrected chi connectivity index (χ0v) is 14.4. The van der Waals surface area contributed by atoms with Gasteiger partial charge in [0.2, 0.25) is 0 Å². The predicted octanol–water partition coefficient (Wildman–Crippen LogP) is 1.86. The lowest BCUT2D eigenvalue weighted by atomic mass is 10.1. The topological polar surface area (TPSA) is 78.7 Å². The number of hydrogen-bond acceptors (Lipinski definition) is 3. The van der Waals surface area contributed by atoms with Gasteiger partial charge in [0.25, 0.3) is 5.91 Å². The smallest absolute Gasteiger partial charge is 0.251 e. The van der Waals surface area contributed by atoms with Gasteiger partial charge in [-0.15, -0.1) is 0 Å². The summed E-state index contributed by atoms with van der Waals surface area (Å²) in [7, 11) is 1.68. The van der Waals surface area contributed by atoms with Gasteiger partial charge in [0.15, 0.2) is 5.96 Å². The first-order valence-electron chi connectivity index (χ1n) is 8.11. The second-order valence-corrected chi connectivity index (χ2v) is 5.47. The van der Waals surface area contributed by atoms with Crippen LogP contribution in [0, 0.1) is 12.7 Å². The van der Waals surface area contributed by atoms with Crippen molar-refractivity contribution in [3.63, 3.8) is 0 Å². The van der Waals surface area contributed by atoms with Crippen LogP contribution in [0.4, 0.5) is 4.39 Å². The number of guanidine groups is 1. The molecule has 1 aromatic heterocycles. The quantitative estimate of drug-likeness (QED) is 0.406. The summed E-state index contributed by atoms with van der Waals surface area (Å²) in [6.07, 6.45) is 2.40. The molecule has 6 nitrogen and oxygen atoms in total. The molecule has 0 aliphatic heterocycles. The fraction of sp³-hybridized carbons (Fsp3) is 0.333. The minimum atomic E-state index is -0.382. The molecule has 0 saturated carbocycles. The Morgan fingerprint density at radius 3 is 2.60 bits per heavy atom. The summed E-state index contributed by atoms with van der Waals surface area (Å²) >= 11 is 0. The van der Waals surface area contributed by atoms with E-state index in [-0.39, 0.29) is 11.7 Å². The molecule has 0 aliphatic carbocycles. The van der Waals surface area contributed by atoms with Gasteiger partial charge < -0.3 is 20.4 Å². The first kappa shape index (κ1) is 18.5. The molecule has 0 aliphatic rings. The summed E-state index contributed by atoms with van der Waals surface area (Å²) in [5, 5.41) is 8.99. The van der Waals surface area contributed by atoms with E-state index in [1.807, 2.05) is 12.1 Å². The molecule has 0 spiro atoms. The summed E-state index contributed by atoms with van der Waals surface area (Å²) in [6, 6.07) is 8.21. The maximum Gasteiger partial charge on any atom is 0.251 e. The van der Waals surface area contributed by atoms with E-state index in [2.05, 4.69) is 20.9 Å². The lowest BCUT2D eigenvalue weighted by Crippen LogP contribution is -2.42. The molecule has 7 heteroatoms. The Kier molecular flexibility index (Phi) is 7.00. The maximum atomic E-state index is 13.5. The van der Waals surface area contributed by atoms with E-state index in [4.69, 9.17) is 4.42 Å². The SMILES string of the molecule is CN=C(NCCNC(=O)c1ccc(C)c(F)c1)NCCc1ccco1. The van der Waals surface area contributed by atoms with Gasteiger partial charge in [-0.25, -0.2) is 4.39 Å². The number of nitrogens with zero attached hydrogens (tertiary/aromatic N) is 1. The first-order valence-corrected chi connectivity index (χ1v) is 8.11. The molecule has 25 heavy (non-hydrogen) atoms. The third-order valence-electron chi connectivity index (χ3n) is 3.60. The lowest BCUT2D eigenvalue weighted by molar-refractivity contribution is 0.0954. The van der Waals surface area contributed by atoms with Gasteiger partial charge in [0, 0.05) is 38.7 Å². The number of aliphatic imine (C=N–C) groups is 1.